The van der Waals surface area contributed by atoms with Gasteiger partial charge in [0.25, 0.3) is 0 Å². The van der Waals surface area contributed by atoms with E-state index in [0.717, 1.165) is 29.7 Å². The number of fused-ring (bicyclic) bond motifs is 3. The Balaban J connectivity index is 2.33. The Kier molecular flexibility index (Phi) is 3.91. The van der Waals surface area contributed by atoms with Crippen LogP contribution >= 0.6 is 0 Å². The zero-order chi connectivity index (χ0) is 16.8. The van der Waals surface area contributed by atoms with Gasteiger partial charge in [-0.15, -0.1) is 0 Å². The third-order valence-electron chi connectivity index (χ3n) is 5.18. The van der Waals surface area contributed by atoms with Gasteiger partial charge in [0.2, 0.25) is 0 Å². The number of benzene rings is 1. The number of rotatable bonds is 4. The molecule has 3 nitrogen and oxygen atoms in total. The molecule has 0 aromatic heterocycles. The number of hydrogen-bond acceptors (Lipinski definition) is 3. The summed E-state index contributed by atoms with van der Waals surface area (Å²) < 4.78 is 11.9. The number of aromatic hydroxyl groups is 1. The van der Waals surface area contributed by atoms with Crippen LogP contribution in [-0.2, 0) is 10.2 Å². The van der Waals surface area contributed by atoms with Gasteiger partial charge in [-0.3, -0.25) is 0 Å². The van der Waals surface area contributed by atoms with Crippen molar-refractivity contribution < 1.29 is 14.6 Å². The number of allylic oxidation sites excluding steroid dienone is 2. The van der Waals surface area contributed by atoms with Crippen LogP contribution < -0.4 is 4.74 Å². The predicted molar refractivity (Wildman–Crippen MR) is 91.9 cm³/mol. The Hall–Kier alpha value is -1.90. The molecule has 0 bridgehead atoms. The summed E-state index contributed by atoms with van der Waals surface area (Å²) in [5, 5.41) is 10.4. The van der Waals surface area contributed by atoms with Crippen LogP contribution in [0.4, 0.5) is 0 Å². The number of phenols is 1. The summed E-state index contributed by atoms with van der Waals surface area (Å²) >= 11 is 0. The second-order valence-electron chi connectivity index (χ2n) is 6.87. The maximum Gasteiger partial charge on any atom is 0.169 e. The van der Waals surface area contributed by atoms with Gasteiger partial charge in [-0.05, 0) is 37.0 Å². The molecule has 0 saturated carbocycles. The monoisotopic (exact) mass is 314 g/mol. The van der Waals surface area contributed by atoms with E-state index in [2.05, 4.69) is 33.8 Å². The molecule has 0 spiro atoms. The second-order valence-corrected chi connectivity index (χ2v) is 6.87. The molecule has 0 radical (unpaired) electrons. The lowest BCUT2D eigenvalue weighted by Crippen LogP contribution is -2.45. The van der Waals surface area contributed by atoms with E-state index in [1.807, 2.05) is 12.1 Å². The molecule has 1 N–H and O–H groups in total. The first-order valence-corrected chi connectivity index (χ1v) is 8.43. The molecule has 1 aliphatic heterocycles. The highest BCUT2D eigenvalue weighted by molar-refractivity contribution is 5.63. The topological polar surface area (TPSA) is 38.7 Å². The normalized spacial score (nSPS) is 25.4. The lowest BCUT2D eigenvalue weighted by molar-refractivity contribution is 0.108. The van der Waals surface area contributed by atoms with Crippen molar-refractivity contribution in [3.05, 3.63) is 46.7 Å². The van der Waals surface area contributed by atoms with Crippen molar-refractivity contribution in [3.63, 3.8) is 0 Å². The molecule has 2 aliphatic rings. The standard InChI is InChI=1S/C20H26O3/c1-6-11-20-14(12(2)3)8-10-16(22-5)19(20)23-18-15(21)9-7-13(4)17(18)20/h7-10,12,19,21H,6,11H2,1-5H3. The molecule has 2 unspecified atom stereocenters. The fourth-order valence-electron chi connectivity index (χ4n) is 4.38. The highest BCUT2D eigenvalue weighted by Crippen LogP contribution is 2.58. The third-order valence-corrected chi connectivity index (χ3v) is 5.18. The maximum absolute atomic E-state index is 10.4. The fraction of sp³-hybridized carbons (Fsp3) is 0.500. The van der Waals surface area contributed by atoms with Gasteiger partial charge >= 0.3 is 0 Å². The van der Waals surface area contributed by atoms with Crippen LogP contribution in [0.2, 0.25) is 0 Å². The summed E-state index contributed by atoms with van der Waals surface area (Å²) in [4.78, 5) is 0. The predicted octanol–water partition coefficient (Wildman–Crippen LogP) is 4.63. The highest BCUT2D eigenvalue weighted by Gasteiger charge is 2.56. The van der Waals surface area contributed by atoms with Crippen molar-refractivity contribution in [2.45, 2.75) is 52.1 Å². The molecule has 124 valence electrons. The lowest BCUT2D eigenvalue weighted by atomic mass is 9.62. The van der Waals surface area contributed by atoms with E-state index < -0.39 is 0 Å². The van der Waals surface area contributed by atoms with Gasteiger partial charge in [0.05, 0.1) is 12.5 Å². The van der Waals surface area contributed by atoms with Crippen LogP contribution in [0.1, 0.15) is 44.7 Å². The zero-order valence-electron chi connectivity index (χ0n) is 14.6. The number of hydrogen-bond donors (Lipinski definition) is 1. The lowest BCUT2D eigenvalue weighted by Gasteiger charge is -2.41. The van der Waals surface area contributed by atoms with Gasteiger partial charge in [-0.2, -0.15) is 0 Å². The van der Waals surface area contributed by atoms with Crippen molar-refractivity contribution in [2.24, 2.45) is 5.92 Å². The average molecular weight is 314 g/mol. The van der Waals surface area contributed by atoms with Gasteiger partial charge < -0.3 is 14.6 Å². The van der Waals surface area contributed by atoms with Gasteiger partial charge in [-0.25, -0.2) is 0 Å². The SMILES string of the molecule is CCCC12C(C(C)C)=CC=C(OC)C1Oc1c(O)ccc(C)c12. The van der Waals surface area contributed by atoms with Crippen LogP contribution in [-0.4, -0.2) is 18.3 Å². The quantitative estimate of drug-likeness (QED) is 0.881. The van der Waals surface area contributed by atoms with E-state index in [1.54, 1.807) is 13.2 Å². The van der Waals surface area contributed by atoms with Crippen LogP contribution in [0.15, 0.2) is 35.6 Å². The molecule has 0 saturated heterocycles. The van der Waals surface area contributed by atoms with Gasteiger partial charge in [-0.1, -0.05) is 44.9 Å². The molecule has 1 aliphatic carbocycles. The van der Waals surface area contributed by atoms with Crippen molar-refractivity contribution in [3.8, 4) is 11.5 Å². The summed E-state index contributed by atoms with van der Waals surface area (Å²) in [6.07, 6.45) is 6.02. The van der Waals surface area contributed by atoms with Crippen molar-refractivity contribution in [1.29, 1.82) is 0 Å². The number of methoxy groups -OCH3 is 1. The number of ether oxygens (including phenoxy) is 2. The Morgan fingerprint density at radius 3 is 2.65 bits per heavy atom. The first-order chi connectivity index (χ1) is 11.0. The largest absolute Gasteiger partial charge is 0.504 e. The summed E-state index contributed by atoms with van der Waals surface area (Å²) in [5.41, 5.74) is 3.41. The average Bonchev–Trinajstić information content (AvgIpc) is 2.87. The summed E-state index contributed by atoms with van der Waals surface area (Å²) in [5.74, 6) is 2.07. The van der Waals surface area contributed by atoms with Crippen LogP contribution in [0, 0.1) is 12.8 Å². The molecule has 3 heteroatoms. The smallest absolute Gasteiger partial charge is 0.169 e. The van der Waals surface area contributed by atoms with Crippen molar-refractivity contribution in [2.75, 3.05) is 7.11 Å². The minimum atomic E-state index is -0.249. The van der Waals surface area contributed by atoms with E-state index in [1.165, 1.54) is 5.57 Å². The molecule has 1 aromatic carbocycles. The van der Waals surface area contributed by atoms with E-state index in [4.69, 9.17) is 9.47 Å². The van der Waals surface area contributed by atoms with Gasteiger partial charge in [0.15, 0.2) is 17.6 Å². The molecule has 0 fully saturated rings. The molecule has 0 amide bonds. The van der Waals surface area contributed by atoms with Crippen molar-refractivity contribution in [1.82, 2.24) is 0 Å². The molecular formula is C20H26O3. The molecule has 1 heterocycles. The maximum atomic E-state index is 10.4. The fourth-order valence-corrected chi connectivity index (χ4v) is 4.38. The number of phenolic OH excluding ortho intramolecular Hbond substituents is 1. The van der Waals surface area contributed by atoms with Crippen LogP contribution in [0.25, 0.3) is 0 Å². The Bertz CT molecular complexity index is 684. The molecule has 23 heavy (non-hydrogen) atoms. The van der Waals surface area contributed by atoms with E-state index in [9.17, 15) is 5.11 Å². The first-order valence-electron chi connectivity index (χ1n) is 8.43. The number of aryl methyl sites for hydroxylation is 1. The van der Waals surface area contributed by atoms with E-state index in [0.29, 0.717) is 11.7 Å². The Labute approximate surface area is 138 Å². The molecule has 2 atom stereocenters. The Morgan fingerprint density at radius 2 is 2.04 bits per heavy atom. The Morgan fingerprint density at radius 1 is 1.30 bits per heavy atom. The summed E-state index contributed by atoms with van der Waals surface area (Å²) in [6.45, 7) is 8.75. The minimum absolute atomic E-state index is 0.197. The first kappa shape index (κ1) is 16.0. The minimum Gasteiger partial charge on any atom is -0.504 e. The van der Waals surface area contributed by atoms with E-state index >= 15 is 0 Å². The van der Waals surface area contributed by atoms with Gasteiger partial charge in [0, 0.05) is 5.56 Å². The van der Waals surface area contributed by atoms with E-state index in [-0.39, 0.29) is 17.3 Å². The molecule has 1 aromatic rings. The highest BCUT2D eigenvalue weighted by atomic mass is 16.5. The molecular weight excluding hydrogens is 288 g/mol. The van der Waals surface area contributed by atoms with Gasteiger partial charge in [0.1, 0.15) is 5.76 Å². The van der Waals surface area contributed by atoms with Crippen molar-refractivity contribution >= 4 is 0 Å². The third kappa shape index (κ3) is 2.09. The molecule has 3 rings (SSSR count). The summed E-state index contributed by atoms with van der Waals surface area (Å²) in [6, 6.07) is 3.71. The summed E-state index contributed by atoms with van der Waals surface area (Å²) in [7, 11) is 1.69. The van der Waals surface area contributed by atoms with Crippen LogP contribution in [0.5, 0.6) is 11.5 Å². The van der Waals surface area contributed by atoms with Crippen LogP contribution in [0.3, 0.4) is 0 Å². The second kappa shape index (κ2) is 5.63. The zero-order valence-corrected chi connectivity index (χ0v) is 14.6.